The smallest absolute Gasteiger partial charge is 0.254 e. The van der Waals surface area contributed by atoms with Crippen LogP contribution in [0, 0.1) is 0 Å². The number of ether oxygens (including phenoxy) is 2. The van der Waals surface area contributed by atoms with Gasteiger partial charge >= 0.3 is 0 Å². The van der Waals surface area contributed by atoms with E-state index < -0.39 is 5.92 Å². The van der Waals surface area contributed by atoms with Crippen molar-refractivity contribution in [2.45, 2.75) is 18.5 Å². The molecule has 2 unspecified atom stereocenters. The zero-order chi connectivity index (χ0) is 22.5. The molecule has 0 aliphatic carbocycles. The molecule has 2 heterocycles. The van der Waals surface area contributed by atoms with Gasteiger partial charge in [0.1, 0.15) is 5.75 Å². The van der Waals surface area contributed by atoms with Gasteiger partial charge in [0, 0.05) is 30.6 Å². The van der Waals surface area contributed by atoms with E-state index in [0.29, 0.717) is 25.3 Å². The zero-order valence-electron chi connectivity index (χ0n) is 18.1. The SMILES string of the molecule is COCCN1C(=O)c2ccccc2C(C(=O)NCc2ccc(OC)cc2)C1c1cccs1. The maximum atomic E-state index is 13.6. The van der Waals surface area contributed by atoms with Crippen LogP contribution in [0.1, 0.15) is 38.3 Å². The fourth-order valence-corrected chi connectivity index (χ4v) is 5.00. The van der Waals surface area contributed by atoms with E-state index in [2.05, 4.69) is 5.32 Å². The fourth-order valence-electron chi connectivity index (χ4n) is 4.13. The molecule has 2 atom stereocenters. The van der Waals surface area contributed by atoms with Crippen molar-refractivity contribution in [3.8, 4) is 5.75 Å². The zero-order valence-corrected chi connectivity index (χ0v) is 18.9. The number of amides is 2. The van der Waals surface area contributed by atoms with Gasteiger partial charge in [-0.1, -0.05) is 36.4 Å². The highest BCUT2D eigenvalue weighted by Gasteiger charge is 2.44. The molecule has 0 radical (unpaired) electrons. The minimum absolute atomic E-state index is 0.0738. The van der Waals surface area contributed by atoms with E-state index in [1.807, 2.05) is 60.0 Å². The number of carbonyl (C=O) groups excluding carboxylic acids is 2. The first-order valence-electron chi connectivity index (χ1n) is 10.5. The van der Waals surface area contributed by atoms with Crippen molar-refractivity contribution < 1.29 is 19.1 Å². The molecule has 6 nitrogen and oxygen atoms in total. The van der Waals surface area contributed by atoms with Gasteiger partial charge in [-0.15, -0.1) is 11.3 Å². The van der Waals surface area contributed by atoms with E-state index in [4.69, 9.17) is 9.47 Å². The van der Waals surface area contributed by atoms with Crippen molar-refractivity contribution in [2.75, 3.05) is 27.4 Å². The molecule has 0 saturated heterocycles. The first-order chi connectivity index (χ1) is 15.6. The summed E-state index contributed by atoms with van der Waals surface area (Å²) in [6.07, 6.45) is 0. The van der Waals surface area contributed by atoms with Crippen LogP contribution < -0.4 is 10.1 Å². The second kappa shape index (κ2) is 9.97. The Morgan fingerprint density at radius 3 is 2.53 bits per heavy atom. The van der Waals surface area contributed by atoms with E-state index in [0.717, 1.165) is 21.8 Å². The number of hydrogen-bond acceptors (Lipinski definition) is 5. The molecule has 2 amide bonds. The van der Waals surface area contributed by atoms with E-state index in [9.17, 15) is 9.59 Å². The van der Waals surface area contributed by atoms with Crippen LogP contribution in [-0.4, -0.2) is 44.1 Å². The van der Waals surface area contributed by atoms with Crippen molar-refractivity contribution in [3.63, 3.8) is 0 Å². The Balaban J connectivity index is 1.67. The number of nitrogens with one attached hydrogen (secondary N) is 1. The number of rotatable bonds is 8. The Bertz CT molecular complexity index is 1070. The summed E-state index contributed by atoms with van der Waals surface area (Å²) < 4.78 is 10.5. The number of fused-ring (bicyclic) bond motifs is 1. The van der Waals surface area contributed by atoms with Crippen molar-refractivity contribution in [3.05, 3.63) is 87.6 Å². The van der Waals surface area contributed by atoms with Crippen molar-refractivity contribution in [2.24, 2.45) is 0 Å². The molecule has 166 valence electrons. The third kappa shape index (κ3) is 4.40. The van der Waals surface area contributed by atoms with E-state index in [1.165, 1.54) is 0 Å². The third-order valence-electron chi connectivity index (χ3n) is 5.72. The molecule has 1 aromatic heterocycles. The van der Waals surface area contributed by atoms with Crippen LogP contribution in [0.5, 0.6) is 5.75 Å². The van der Waals surface area contributed by atoms with Crippen LogP contribution in [0.2, 0.25) is 0 Å². The van der Waals surface area contributed by atoms with Gasteiger partial charge in [-0.3, -0.25) is 9.59 Å². The Hall–Kier alpha value is -3.16. The molecule has 0 saturated carbocycles. The van der Waals surface area contributed by atoms with E-state index in [-0.39, 0.29) is 17.9 Å². The van der Waals surface area contributed by atoms with Gasteiger partial charge in [0.25, 0.3) is 5.91 Å². The summed E-state index contributed by atoms with van der Waals surface area (Å²) in [5.41, 5.74) is 2.31. The predicted molar refractivity (Wildman–Crippen MR) is 124 cm³/mol. The van der Waals surface area contributed by atoms with Crippen LogP contribution in [0.4, 0.5) is 0 Å². The van der Waals surface area contributed by atoms with E-state index >= 15 is 0 Å². The largest absolute Gasteiger partial charge is 0.497 e. The van der Waals surface area contributed by atoms with Gasteiger partial charge in [0.05, 0.1) is 25.7 Å². The fraction of sp³-hybridized carbons (Fsp3) is 0.280. The molecule has 0 spiro atoms. The van der Waals surface area contributed by atoms with Crippen LogP contribution in [-0.2, 0) is 16.1 Å². The minimum Gasteiger partial charge on any atom is -0.497 e. The lowest BCUT2D eigenvalue weighted by molar-refractivity contribution is -0.124. The van der Waals surface area contributed by atoms with Crippen LogP contribution in [0.3, 0.4) is 0 Å². The van der Waals surface area contributed by atoms with Gasteiger partial charge in [-0.05, 0) is 40.8 Å². The molecule has 4 rings (SSSR count). The summed E-state index contributed by atoms with van der Waals surface area (Å²) in [4.78, 5) is 29.7. The Labute approximate surface area is 191 Å². The number of thiophene rings is 1. The highest BCUT2D eigenvalue weighted by molar-refractivity contribution is 7.10. The summed E-state index contributed by atoms with van der Waals surface area (Å²) in [7, 11) is 3.24. The Morgan fingerprint density at radius 1 is 1.06 bits per heavy atom. The highest BCUT2D eigenvalue weighted by atomic mass is 32.1. The topological polar surface area (TPSA) is 67.9 Å². The lowest BCUT2D eigenvalue weighted by Gasteiger charge is -2.41. The highest BCUT2D eigenvalue weighted by Crippen LogP contribution is 2.44. The van der Waals surface area contributed by atoms with Crippen molar-refractivity contribution in [1.82, 2.24) is 10.2 Å². The molecule has 7 heteroatoms. The number of hydrogen-bond donors (Lipinski definition) is 1. The lowest BCUT2D eigenvalue weighted by atomic mass is 9.81. The maximum absolute atomic E-state index is 13.6. The predicted octanol–water partition coefficient (Wildman–Crippen LogP) is 4.00. The van der Waals surface area contributed by atoms with Gasteiger partial charge in [0.2, 0.25) is 5.91 Å². The van der Waals surface area contributed by atoms with Crippen molar-refractivity contribution in [1.29, 1.82) is 0 Å². The number of benzene rings is 2. The monoisotopic (exact) mass is 450 g/mol. The number of nitrogens with zero attached hydrogens (tertiary/aromatic N) is 1. The average Bonchev–Trinajstić information content (AvgIpc) is 3.37. The summed E-state index contributed by atoms with van der Waals surface area (Å²) >= 11 is 1.55. The maximum Gasteiger partial charge on any atom is 0.254 e. The summed E-state index contributed by atoms with van der Waals surface area (Å²) in [6.45, 7) is 1.20. The minimum atomic E-state index is -0.516. The molecular formula is C25H26N2O4S. The summed E-state index contributed by atoms with van der Waals surface area (Å²) in [5.74, 6) is 0.0702. The van der Waals surface area contributed by atoms with Gasteiger partial charge in [-0.2, -0.15) is 0 Å². The van der Waals surface area contributed by atoms with Gasteiger partial charge in [0.15, 0.2) is 0 Å². The standard InChI is InChI=1S/C25H26N2O4S/c1-30-14-13-27-23(21-8-5-15-32-21)22(19-6-3-4-7-20(19)25(27)29)24(28)26-16-17-9-11-18(31-2)12-10-17/h3-12,15,22-23H,13-14,16H2,1-2H3,(H,26,28). The lowest BCUT2D eigenvalue weighted by Crippen LogP contribution is -2.48. The first kappa shape index (κ1) is 22.0. The Kier molecular flexibility index (Phi) is 6.87. The van der Waals surface area contributed by atoms with Crippen LogP contribution in [0.25, 0.3) is 0 Å². The molecule has 3 aromatic rings. The van der Waals surface area contributed by atoms with Crippen LogP contribution in [0.15, 0.2) is 66.0 Å². The quantitative estimate of drug-likeness (QED) is 0.563. The third-order valence-corrected chi connectivity index (χ3v) is 6.66. The first-order valence-corrected chi connectivity index (χ1v) is 11.3. The molecule has 2 aromatic carbocycles. The number of methoxy groups -OCH3 is 2. The molecular weight excluding hydrogens is 424 g/mol. The number of carbonyl (C=O) groups is 2. The van der Waals surface area contributed by atoms with E-state index in [1.54, 1.807) is 36.5 Å². The molecule has 32 heavy (non-hydrogen) atoms. The molecule has 0 fully saturated rings. The van der Waals surface area contributed by atoms with Crippen LogP contribution >= 0.6 is 11.3 Å². The Morgan fingerprint density at radius 2 is 1.84 bits per heavy atom. The average molecular weight is 451 g/mol. The second-order valence-electron chi connectivity index (χ2n) is 7.58. The molecule has 1 aliphatic rings. The normalized spacial score (nSPS) is 17.7. The van der Waals surface area contributed by atoms with Gasteiger partial charge in [-0.25, -0.2) is 0 Å². The second-order valence-corrected chi connectivity index (χ2v) is 8.56. The summed E-state index contributed by atoms with van der Waals surface area (Å²) in [5, 5.41) is 5.06. The van der Waals surface area contributed by atoms with Gasteiger partial charge < -0.3 is 19.7 Å². The summed E-state index contributed by atoms with van der Waals surface area (Å²) in [6, 6.07) is 18.6. The molecule has 1 N–H and O–H groups in total. The van der Waals surface area contributed by atoms with Crippen molar-refractivity contribution >= 4 is 23.2 Å². The molecule has 0 bridgehead atoms. The molecule has 1 aliphatic heterocycles.